The number of unbranched alkanes of at least 4 members (excludes halogenated alkanes) is 9. The van der Waals surface area contributed by atoms with Gasteiger partial charge < -0.3 is 5.11 Å². The smallest absolute Gasteiger partial charge is 0.317 e. The highest BCUT2D eigenvalue weighted by atomic mass is 33.1. The fraction of sp³-hybridized carbons (Fsp3) is 0.941. The summed E-state index contributed by atoms with van der Waals surface area (Å²) in [5, 5.41) is 8.83. The van der Waals surface area contributed by atoms with E-state index in [4.69, 9.17) is 5.11 Å². The summed E-state index contributed by atoms with van der Waals surface area (Å²) in [7, 11) is 3.29. The van der Waals surface area contributed by atoms with Crippen molar-refractivity contribution in [3.63, 3.8) is 0 Å². The van der Waals surface area contributed by atoms with Gasteiger partial charge in [0.2, 0.25) is 0 Å². The highest BCUT2D eigenvalue weighted by molar-refractivity contribution is 8.77. The zero-order chi connectivity index (χ0) is 15.8. The zero-order valence-electron chi connectivity index (χ0n) is 13.9. The third kappa shape index (κ3) is 14.9. The van der Waals surface area contributed by atoms with Crippen LogP contribution in [0.5, 0.6) is 0 Å². The molecule has 1 N–H and O–H groups in total. The molecule has 0 radical (unpaired) electrons. The van der Waals surface area contributed by atoms with Gasteiger partial charge in [-0.1, -0.05) is 99.6 Å². The molecule has 0 spiro atoms. The van der Waals surface area contributed by atoms with E-state index in [1.165, 1.54) is 64.2 Å². The third-order valence-corrected chi connectivity index (χ3v) is 6.46. The lowest BCUT2D eigenvalue weighted by Gasteiger charge is -2.09. The van der Waals surface area contributed by atoms with Crippen molar-refractivity contribution in [2.45, 2.75) is 96.1 Å². The van der Waals surface area contributed by atoms with Crippen LogP contribution in [0.25, 0.3) is 0 Å². The molecule has 0 aliphatic heterocycles. The number of carboxylic acid groups (broad SMARTS) is 1. The molecular weight excluding hydrogens is 300 g/mol. The van der Waals surface area contributed by atoms with E-state index in [1.807, 2.05) is 6.92 Å². The van der Waals surface area contributed by atoms with Crippen LogP contribution in [0.3, 0.4) is 0 Å². The average molecular weight is 335 g/mol. The van der Waals surface area contributed by atoms with Crippen molar-refractivity contribution in [1.82, 2.24) is 0 Å². The Morgan fingerprint density at radius 2 is 1.38 bits per heavy atom. The molecule has 0 aromatic heterocycles. The largest absolute Gasteiger partial charge is 0.480 e. The maximum atomic E-state index is 11.0. The van der Waals surface area contributed by atoms with Gasteiger partial charge in [0.25, 0.3) is 0 Å². The molecule has 0 heterocycles. The number of carbonyl (C=O) groups is 1. The highest BCUT2D eigenvalue weighted by Gasteiger charge is 2.16. The topological polar surface area (TPSA) is 37.3 Å². The van der Waals surface area contributed by atoms with Gasteiger partial charge in [-0.2, -0.15) is 0 Å². The lowest BCUT2D eigenvalue weighted by Crippen LogP contribution is -2.14. The monoisotopic (exact) mass is 334 g/mol. The van der Waals surface area contributed by atoms with Crippen molar-refractivity contribution in [3.05, 3.63) is 0 Å². The van der Waals surface area contributed by atoms with Gasteiger partial charge in [-0.3, -0.25) is 4.79 Å². The summed E-state index contributed by atoms with van der Waals surface area (Å²) in [5.74, 6) is 0.437. The minimum atomic E-state index is -0.655. The van der Waals surface area contributed by atoms with Gasteiger partial charge in [0.15, 0.2) is 0 Å². The number of aliphatic carboxylic acids is 1. The van der Waals surface area contributed by atoms with Crippen molar-refractivity contribution >= 4 is 27.6 Å². The van der Waals surface area contributed by atoms with Crippen LogP contribution in [0.4, 0.5) is 0 Å². The molecule has 0 aliphatic carbocycles. The van der Waals surface area contributed by atoms with Gasteiger partial charge in [-0.25, -0.2) is 0 Å². The molecule has 126 valence electrons. The SMILES string of the molecule is CCCCCCCCCCCCSSC(CCC)C(=O)O. The minimum Gasteiger partial charge on any atom is -0.480 e. The number of hydrogen-bond donors (Lipinski definition) is 1. The quantitative estimate of drug-likeness (QED) is 0.257. The molecule has 0 aliphatic rings. The maximum Gasteiger partial charge on any atom is 0.317 e. The second-order valence-electron chi connectivity index (χ2n) is 5.72. The Morgan fingerprint density at radius 3 is 1.86 bits per heavy atom. The number of hydrogen-bond acceptors (Lipinski definition) is 3. The predicted octanol–water partition coefficient (Wildman–Crippen LogP) is 6.54. The van der Waals surface area contributed by atoms with E-state index in [-0.39, 0.29) is 5.25 Å². The fourth-order valence-electron chi connectivity index (χ4n) is 2.25. The first-order valence-corrected chi connectivity index (χ1v) is 11.1. The van der Waals surface area contributed by atoms with E-state index in [2.05, 4.69) is 6.92 Å². The Bertz CT molecular complexity index is 235. The summed E-state index contributed by atoms with van der Waals surface area (Å²) in [4.78, 5) is 11.0. The molecule has 0 aromatic carbocycles. The van der Waals surface area contributed by atoms with Crippen molar-refractivity contribution < 1.29 is 9.90 Å². The molecule has 0 aromatic rings. The average Bonchev–Trinajstić information content (AvgIpc) is 2.47. The summed E-state index contributed by atoms with van der Waals surface area (Å²) in [6.07, 6.45) is 15.3. The van der Waals surface area contributed by atoms with E-state index >= 15 is 0 Å². The van der Waals surface area contributed by atoms with Gasteiger partial charge in [0.05, 0.1) is 0 Å². The van der Waals surface area contributed by atoms with Crippen LogP contribution < -0.4 is 0 Å². The Hall–Kier alpha value is 0.170. The summed E-state index contributed by atoms with van der Waals surface area (Å²) in [5.41, 5.74) is 0. The molecular formula is C17H34O2S2. The number of rotatable bonds is 16. The molecule has 0 fully saturated rings. The maximum absolute atomic E-state index is 11.0. The number of carboxylic acids is 1. The van der Waals surface area contributed by atoms with Crippen molar-refractivity contribution in [3.8, 4) is 0 Å². The van der Waals surface area contributed by atoms with Crippen molar-refractivity contribution in [2.24, 2.45) is 0 Å². The lowest BCUT2D eigenvalue weighted by atomic mass is 10.1. The van der Waals surface area contributed by atoms with Gasteiger partial charge in [0.1, 0.15) is 5.25 Å². The summed E-state index contributed by atoms with van der Waals surface area (Å²) in [6.45, 7) is 4.31. The third-order valence-electron chi connectivity index (χ3n) is 3.59. The molecule has 0 saturated heterocycles. The first-order valence-electron chi connectivity index (χ1n) is 8.73. The fourth-order valence-corrected chi connectivity index (χ4v) is 4.92. The van der Waals surface area contributed by atoms with E-state index in [0.29, 0.717) is 0 Å². The molecule has 0 saturated carbocycles. The molecule has 0 amide bonds. The van der Waals surface area contributed by atoms with Gasteiger partial charge in [-0.15, -0.1) is 0 Å². The molecule has 4 heteroatoms. The first-order chi connectivity index (χ1) is 10.2. The van der Waals surface area contributed by atoms with Crippen LogP contribution in [-0.2, 0) is 4.79 Å². The molecule has 1 atom stereocenters. The van der Waals surface area contributed by atoms with Crippen LogP contribution in [0.1, 0.15) is 90.9 Å². The summed E-state index contributed by atoms with van der Waals surface area (Å²) in [6, 6.07) is 0. The van der Waals surface area contributed by atoms with Crippen molar-refractivity contribution in [2.75, 3.05) is 5.75 Å². The summed E-state index contributed by atoms with van der Waals surface area (Å²) < 4.78 is 0. The Labute approximate surface area is 139 Å². The van der Waals surface area contributed by atoms with Gasteiger partial charge in [0, 0.05) is 5.75 Å². The zero-order valence-corrected chi connectivity index (χ0v) is 15.6. The van der Waals surface area contributed by atoms with E-state index < -0.39 is 5.97 Å². The summed E-state index contributed by atoms with van der Waals surface area (Å²) >= 11 is 0. The second-order valence-corrected chi connectivity index (χ2v) is 8.41. The molecule has 21 heavy (non-hydrogen) atoms. The van der Waals surface area contributed by atoms with Gasteiger partial charge >= 0.3 is 5.97 Å². The Kier molecular flexibility index (Phi) is 16.7. The highest BCUT2D eigenvalue weighted by Crippen LogP contribution is 2.30. The van der Waals surface area contributed by atoms with E-state index in [0.717, 1.165) is 18.6 Å². The molecule has 0 rings (SSSR count). The Morgan fingerprint density at radius 1 is 0.857 bits per heavy atom. The van der Waals surface area contributed by atoms with Crippen LogP contribution in [0, 0.1) is 0 Å². The molecule has 0 bridgehead atoms. The van der Waals surface area contributed by atoms with E-state index in [9.17, 15) is 4.79 Å². The first kappa shape index (κ1) is 21.2. The standard InChI is InChI=1S/C17H34O2S2/c1-3-5-6-7-8-9-10-11-12-13-15-20-21-16(14-4-2)17(18)19/h16H,3-15H2,1-2H3,(H,18,19). The molecule has 1 unspecified atom stereocenters. The van der Waals surface area contributed by atoms with Crippen LogP contribution in [0.2, 0.25) is 0 Å². The Balaban J connectivity index is 3.23. The van der Waals surface area contributed by atoms with Crippen LogP contribution in [0.15, 0.2) is 0 Å². The molecule has 2 nitrogen and oxygen atoms in total. The lowest BCUT2D eigenvalue weighted by molar-refractivity contribution is -0.136. The van der Waals surface area contributed by atoms with E-state index in [1.54, 1.807) is 21.6 Å². The van der Waals surface area contributed by atoms with Crippen molar-refractivity contribution in [1.29, 1.82) is 0 Å². The normalized spacial score (nSPS) is 12.5. The van der Waals surface area contributed by atoms with Crippen LogP contribution in [-0.4, -0.2) is 22.1 Å². The minimum absolute atomic E-state index is 0.219. The van der Waals surface area contributed by atoms with Crippen LogP contribution >= 0.6 is 21.6 Å². The van der Waals surface area contributed by atoms with Gasteiger partial charge in [-0.05, 0) is 12.8 Å². The second kappa shape index (κ2) is 16.5. The predicted molar refractivity (Wildman–Crippen MR) is 98.2 cm³/mol.